The summed E-state index contributed by atoms with van der Waals surface area (Å²) in [5.41, 5.74) is 10.6. The van der Waals surface area contributed by atoms with Crippen molar-refractivity contribution >= 4 is 32.8 Å². The van der Waals surface area contributed by atoms with E-state index in [1.165, 1.54) is 5.56 Å². The van der Waals surface area contributed by atoms with Crippen LogP contribution in [0.15, 0.2) is 146 Å². The molecule has 0 aliphatic heterocycles. The molecule has 0 radical (unpaired) electrons. The minimum absolute atomic E-state index is 0. The van der Waals surface area contributed by atoms with Crippen molar-refractivity contribution in [1.29, 1.82) is 0 Å². The number of imidazole rings is 1. The molecule has 53 heavy (non-hydrogen) atoms. The van der Waals surface area contributed by atoms with Crippen LogP contribution in [-0.2, 0) is 26.5 Å². The Bertz CT molecular complexity index is 2770. The van der Waals surface area contributed by atoms with Crippen LogP contribution in [0.2, 0.25) is 0 Å². The number of para-hydroxylation sites is 2. The molecule has 0 aliphatic carbocycles. The molecular formula is C47H36N4OPt-2. The summed E-state index contributed by atoms with van der Waals surface area (Å²) in [7, 11) is 0. The number of pyridine rings is 1. The number of ether oxygens (including phenoxy) is 1. The van der Waals surface area contributed by atoms with Crippen LogP contribution in [0.4, 0.5) is 0 Å². The standard InChI is InChI=1S/C47H36N4O.Pt/c1-32-25-26-48-45(27-32)51-42-21-9-8-19-40(42)41-24-23-38(30-44(41)51)52-37-18-11-17-36(29-37)49-31-50(35-16-10-15-34(28-35)47(2,3)4)46-39(20-12-22-43(46)49)33-13-6-5-7-14-33;/h5-28H,1-4H3;/q-2;. The average Bonchev–Trinajstić information content (AvgIpc) is 3.71. The van der Waals surface area contributed by atoms with Crippen LogP contribution >= 0.6 is 0 Å². The van der Waals surface area contributed by atoms with Gasteiger partial charge in [0.2, 0.25) is 0 Å². The molecular weight excluding hydrogens is 832 g/mol. The summed E-state index contributed by atoms with van der Waals surface area (Å²) >= 11 is 0. The van der Waals surface area contributed by atoms with Crippen molar-refractivity contribution in [2.45, 2.75) is 33.1 Å². The van der Waals surface area contributed by atoms with Crippen molar-refractivity contribution in [3.63, 3.8) is 0 Å². The van der Waals surface area contributed by atoms with Gasteiger partial charge in [-0.25, -0.2) is 4.98 Å². The van der Waals surface area contributed by atoms with Crippen molar-refractivity contribution in [1.82, 2.24) is 14.1 Å². The summed E-state index contributed by atoms with van der Waals surface area (Å²) in [6, 6.07) is 55.4. The van der Waals surface area contributed by atoms with Crippen molar-refractivity contribution in [3.05, 3.63) is 175 Å². The molecule has 0 aliphatic rings. The Morgan fingerprint density at radius 1 is 0.679 bits per heavy atom. The van der Waals surface area contributed by atoms with Crippen molar-refractivity contribution in [3.8, 4) is 39.8 Å². The van der Waals surface area contributed by atoms with E-state index in [9.17, 15) is 0 Å². The van der Waals surface area contributed by atoms with E-state index in [0.717, 1.165) is 66.7 Å². The Morgan fingerprint density at radius 2 is 1.43 bits per heavy atom. The van der Waals surface area contributed by atoms with Crippen LogP contribution in [0.5, 0.6) is 11.5 Å². The van der Waals surface area contributed by atoms with Crippen LogP contribution in [-0.4, -0.2) is 14.1 Å². The van der Waals surface area contributed by atoms with Gasteiger partial charge in [0.05, 0.1) is 16.7 Å². The maximum atomic E-state index is 6.53. The predicted octanol–water partition coefficient (Wildman–Crippen LogP) is 10.9. The molecule has 0 amide bonds. The molecule has 9 aromatic rings. The second-order valence-corrected chi connectivity index (χ2v) is 14.2. The third-order valence-electron chi connectivity index (χ3n) is 9.64. The number of benzene rings is 6. The minimum Gasteiger partial charge on any atom is -0.510 e. The van der Waals surface area contributed by atoms with Crippen molar-refractivity contribution in [2.75, 3.05) is 0 Å². The van der Waals surface area contributed by atoms with E-state index in [0.29, 0.717) is 11.5 Å². The maximum Gasteiger partial charge on any atom is 0.268 e. The van der Waals surface area contributed by atoms with Gasteiger partial charge in [-0.3, -0.25) is 4.57 Å². The Labute approximate surface area is 324 Å². The van der Waals surface area contributed by atoms with Crippen LogP contribution in [0, 0.1) is 25.4 Å². The first-order chi connectivity index (χ1) is 25.3. The van der Waals surface area contributed by atoms with Crippen molar-refractivity contribution in [2.24, 2.45) is 0 Å². The summed E-state index contributed by atoms with van der Waals surface area (Å²) in [6.07, 6.45) is 5.55. The van der Waals surface area contributed by atoms with Gasteiger partial charge in [-0.15, -0.1) is 29.7 Å². The zero-order valence-electron chi connectivity index (χ0n) is 29.9. The van der Waals surface area contributed by atoms with E-state index in [2.05, 4.69) is 169 Å². The number of nitrogens with zero attached hydrogens (tertiary/aromatic N) is 4. The zero-order chi connectivity index (χ0) is 35.4. The molecule has 6 aromatic carbocycles. The van der Waals surface area contributed by atoms with Crippen LogP contribution in [0.1, 0.15) is 31.9 Å². The van der Waals surface area contributed by atoms with E-state index in [1.54, 1.807) is 0 Å². The zero-order valence-corrected chi connectivity index (χ0v) is 32.1. The average molecular weight is 868 g/mol. The smallest absolute Gasteiger partial charge is 0.268 e. The fraction of sp³-hybridized carbons (Fsp3) is 0.106. The molecule has 9 rings (SSSR count). The molecule has 3 aromatic heterocycles. The molecule has 0 bridgehead atoms. The topological polar surface area (TPSA) is 35.9 Å². The molecule has 0 N–H and O–H groups in total. The molecule has 0 unspecified atom stereocenters. The normalized spacial score (nSPS) is 11.6. The second kappa shape index (κ2) is 13.7. The van der Waals surface area contributed by atoms with Gasteiger partial charge in [0.25, 0.3) is 6.33 Å². The van der Waals surface area contributed by atoms with E-state index in [1.807, 2.05) is 36.5 Å². The van der Waals surface area contributed by atoms with Gasteiger partial charge in [0.15, 0.2) is 0 Å². The fourth-order valence-corrected chi connectivity index (χ4v) is 7.04. The number of aryl methyl sites for hydroxylation is 1. The number of hydrogen-bond donors (Lipinski definition) is 0. The molecule has 5 nitrogen and oxygen atoms in total. The van der Waals surface area contributed by atoms with Gasteiger partial charge in [-0.2, -0.15) is 18.2 Å². The summed E-state index contributed by atoms with van der Waals surface area (Å²) in [4.78, 5) is 4.72. The van der Waals surface area contributed by atoms with Crippen LogP contribution in [0.3, 0.4) is 0 Å². The van der Waals surface area contributed by atoms with E-state index >= 15 is 0 Å². The minimum atomic E-state index is 0. The van der Waals surface area contributed by atoms with Crippen LogP contribution in [0.25, 0.3) is 61.2 Å². The third-order valence-corrected chi connectivity index (χ3v) is 9.64. The number of fused-ring (bicyclic) bond motifs is 4. The van der Waals surface area contributed by atoms with E-state index < -0.39 is 0 Å². The second-order valence-electron chi connectivity index (χ2n) is 14.2. The number of rotatable bonds is 6. The Balaban J connectivity index is 0.00000400. The van der Waals surface area contributed by atoms with Gasteiger partial charge < -0.3 is 13.9 Å². The first kappa shape index (κ1) is 34.3. The molecule has 262 valence electrons. The Hall–Kier alpha value is -5.77. The monoisotopic (exact) mass is 867 g/mol. The summed E-state index contributed by atoms with van der Waals surface area (Å²) in [5, 5.41) is 2.23. The van der Waals surface area contributed by atoms with Gasteiger partial charge in [-0.05, 0) is 76.0 Å². The summed E-state index contributed by atoms with van der Waals surface area (Å²) < 4.78 is 12.9. The van der Waals surface area contributed by atoms with E-state index in [4.69, 9.17) is 9.72 Å². The molecule has 0 fully saturated rings. The van der Waals surface area contributed by atoms with E-state index in [-0.39, 0.29) is 26.5 Å². The first-order valence-electron chi connectivity index (χ1n) is 17.6. The van der Waals surface area contributed by atoms with Gasteiger partial charge in [0.1, 0.15) is 5.82 Å². The molecule has 0 saturated heterocycles. The number of hydrogen-bond acceptors (Lipinski definition) is 2. The van der Waals surface area contributed by atoms with Crippen LogP contribution < -0.4 is 9.30 Å². The third kappa shape index (κ3) is 6.26. The summed E-state index contributed by atoms with van der Waals surface area (Å²) in [6.45, 7) is 8.81. The molecule has 0 spiro atoms. The molecule has 0 saturated carbocycles. The Kier molecular flexibility index (Phi) is 8.84. The maximum absolute atomic E-state index is 6.53. The quantitative estimate of drug-likeness (QED) is 0.123. The number of aromatic nitrogens is 4. The molecule has 3 heterocycles. The first-order valence-corrected chi connectivity index (χ1v) is 17.6. The fourth-order valence-electron chi connectivity index (χ4n) is 7.04. The van der Waals surface area contributed by atoms with Gasteiger partial charge >= 0.3 is 0 Å². The van der Waals surface area contributed by atoms with Gasteiger partial charge in [0, 0.05) is 44.3 Å². The Morgan fingerprint density at radius 3 is 2.26 bits per heavy atom. The molecule has 0 atom stereocenters. The summed E-state index contributed by atoms with van der Waals surface area (Å²) in [5.74, 6) is 2.03. The van der Waals surface area contributed by atoms with Gasteiger partial charge in [-0.1, -0.05) is 105 Å². The predicted molar refractivity (Wildman–Crippen MR) is 209 cm³/mol. The van der Waals surface area contributed by atoms with Crippen molar-refractivity contribution < 1.29 is 30.4 Å². The molecule has 6 heteroatoms. The largest absolute Gasteiger partial charge is 0.510 e. The SMILES string of the molecule is Cc1ccnc(-n2c3[c-]c(Oc4[c-]c(-n5[c-][n+](-c6cccc(C(C)(C)C)c6)c6c(-c7ccccc7)cccc65)ccc4)ccc3c3ccccc32)c1.[Pt].